The lowest BCUT2D eigenvalue weighted by atomic mass is 10.2. The number of nitrogens with one attached hydrogen (secondary N) is 2. The van der Waals surface area contributed by atoms with Crippen molar-refractivity contribution in [1.29, 1.82) is 5.26 Å². The number of aromatic nitrogens is 4. The highest BCUT2D eigenvalue weighted by Crippen LogP contribution is 2.50. The highest BCUT2D eigenvalue weighted by Gasteiger charge is 2.45. The van der Waals surface area contributed by atoms with Crippen LogP contribution >= 0.6 is 15.7 Å². The first-order chi connectivity index (χ1) is 19.2. The maximum absolute atomic E-state index is 12.8. The molecule has 2 N–H and O–H groups in total. The van der Waals surface area contributed by atoms with Gasteiger partial charge in [-0.2, -0.15) is 10.2 Å². The molecule has 1 fully saturated rings. The predicted molar refractivity (Wildman–Crippen MR) is 156 cm³/mol. The molecule has 3 heterocycles. The van der Waals surface area contributed by atoms with E-state index in [4.69, 9.17) is 23.8 Å². The molecular formula is C25H41N7O7P2. The summed E-state index contributed by atoms with van der Waals surface area (Å²) in [6.07, 6.45) is -0.606. The van der Waals surface area contributed by atoms with E-state index in [1.165, 1.54) is 6.33 Å². The minimum absolute atomic E-state index is 0.0167. The van der Waals surface area contributed by atoms with Gasteiger partial charge in [-0.3, -0.25) is 24.5 Å². The normalized spacial score (nSPS) is 20.4. The van der Waals surface area contributed by atoms with Crippen LogP contribution in [0, 0.1) is 17.2 Å². The Morgan fingerprint density at radius 2 is 2.00 bits per heavy atom. The minimum atomic E-state index is -2.53. The molecule has 0 radical (unpaired) electrons. The molecule has 3 rings (SSSR count). The zero-order chi connectivity index (χ0) is 30.5. The fourth-order valence-corrected chi connectivity index (χ4v) is 6.48. The molecule has 16 heteroatoms. The van der Waals surface area contributed by atoms with E-state index in [1.807, 2.05) is 27.7 Å². The van der Waals surface area contributed by atoms with Gasteiger partial charge >= 0.3 is 0 Å². The Morgan fingerprint density at radius 3 is 2.59 bits per heavy atom. The van der Waals surface area contributed by atoms with E-state index < -0.39 is 39.7 Å². The number of ether oxygens (including phenoxy) is 2. The molecule has 1 aliphatic heterocycles. The van der Waals surface area contributed by atoms with Crippen LogP contribution in [0.15, 0.2) is 11.1 Å². The van der Waals surface area contributed by atoms with Crippen LogP contribution in [0.1, 0.15) is 54.2 Å². The third-order valence-corrected chi connectivity index (χ3v) is 8.92. The number of aromatic amines is 1. The quantitative estimate of drug-likeness (QED) is 0.234. The molecule has 0 bridgehead atoms. The number of H-pyrrole nitrogens is 1. The van der Waals surface area contributed by atoms with Crippen molar-refractivity contribution < 1.29 is 27.9 Å². The average molecular weight is 614 g/mol. The van der Waals surface area contributed by atoms with Crippen LogP contribution in [0.4, 0.5) is 5.95 Å². The zero-order valence-corrected chi connectivity index (χ0v) is 26.6. The number of hydrogen-bond acceptors (Lipinski definition) is 11. The van der Waals surface area contributed by atoms with Gasteiger partial charge in [0.15, 0.2) is 17.4 Å². The maximum Gasteiger partial charge on any atom is 0.280 e. The van der Waals surface area contributed by atoms with E-state index in [2.05, 4.69) is 31.0 Å². The Hall–Kier alpha value is -2.23. The Kier molecular flexibility index (Phi) is 11.6. The van der Waals surface area contributed by atoms with Gasteiger partial charge in [0, 0.05) is 18.0 Å². The summed E-state index contributed by atoms with van der Waals surface area (Å²) in [7, 11) is -4.22. The van der Waals surface area contributed by atoms with Crippen LogP contribution in [0.5, 0.6) is 0 Å². The van der Waals surface area contributed by atoms with Crippen LogP contribution in [0.2, 0.25) is 0 Å². The first-order valence-electron chi connectivity index (χ1n) is 13.5. The zero-order valence-electron chi connectivity index (χ0n) is 24.9. The fourth-order valence-electron chi connectivity index (χ4n) is 4.17. The molecule has 1 amide bonds. The van der Waals surface area contributed by atoms with Crippen LogP contribution < -0.4 is 10.9 Å². The van der Waals surface area contributed by atoms with Crippen LogP contribution in [-0.2, 0) is 27.9 Å². The lowest BCUT2D eigenvalue weighted by Crippen LogP contribution is -2.38. The summed E-state index contributed by atoms with van der Waals surface area (Å²) < 4.78 is 41.1. The van der Waals surface area contributed by atoms with Crippen molar-refractivity contribution >= 4 is 38.7 Å². The van der Waals surface area contributed by atoms with Gasteiger partial charge in [-0.05, 0) is 41.0 Å². The number of imidazole rings is 1. The van der Waals surface area contributed by atoms with Gasteiger partial charge in [0.05, 0.1) is 38.4 Å². The van der Waals surface area contributed by atoms with Gasteiger partial charge in [0.1, 0.15) is 19.3 Å². The molecule has 0 aromatic carbocycles. The van der Waals surface area contributed by atoms with E-state index in [9.17, 15) is 14.2 Å². The topological polar surface area (TPSA) is 174 Å². The van der Waals surface area contributed by atoms with Crippen molar-refractivity contribution in [3.05, 3.63) is 16.7 Å². The fraction of sp³-hybridized carbons (Fsp3) is 0.720. The molecule has 0 aliphatic carbocycles. The Bertz CT molecular complexity index is 1330. The van der Waals surface area contributed by atoms with Crippen LogP contribution in [0.25, 0.3) is 11.2 Å². The van der Waals surface area contributed by atoms with Crippen molar-refractivity contribution in [3.8, 4) is 6.07 Å². The standard InChI is InChI=1S/C25H41N7O7P2/c1-15(2)22(33)29-25-28-21-19(23(34)30-25)27-13-31(21)24-20(18(12-36-24)37-14-41(7,8)35)39-40(38-11-9-10-26)32(16(3)4)17(5)6/h13,15-18,20,24H,9,11-12,14H2,1-8H3,(H2,28,29,30,33,34)/t18-,20+,24+,40?/m0/s1. The second-order valence-electron chi connectivity index (χ2n) is 11.1. The van der Waals surface area contributed by atoms with Gasteiger partial charge in [-0.1, -0.05) is 13.8 Å². The molecular weight excluding hydrogens is 572 g/mol. The number of nitrogens with zero attached hydrogens (tertiary/aromatic N) is 5. The van der Waals surface area contributed by atoms with Gasteiger partial charge in [-0.15, -0.1) is 0 Å². The van der Waals surface area contributed by atoms with Gasteiger partial charge in [0.2, 0.25) is 11.9 Å². The minimum Gasteiger partial charge on any atom is -0.365 e. The summed E-state index contributed by atoms with van der Waals surface area (Å²) >= 11 is 0. The number of rotatable bonds is 14. The number of amides is 1. The SMILES string of the molecule is CC(C)C(=O)Nc1nc2c(ncn2[C@@H]2OC[C@H](OCP(C)(C)=O)[C@H]2OP(OCCC#N)N(C(C)C)C(C)C)c(=O)[nH]1. The van der Waals surface area contributed by atoms with Crippen molar-refractivity contribution in [1.82, 2.24) is 24.2 Å². The molecule has 228 valence electrons. The number of nitriles is 1. The molecule has 0 saturated carbocycles. The molecule has 1 unspecified atom stereocenters. The Morgan fingerprint density at radius 1 is 1.32 bits per heavy atom. The molecule has 4 atom stereocenters. The van der Waals surface area contributed by atoms with Crippen molar-refractivity contribution in [2.24, 2.45) is 5.92 Å². The first kappa shape index (κ1) is 33.3. The largest absolute Gasteiger partial charge is 0.365 e. The van der Waals surface area contributed by atoms with E-state index >= 15 is 0 Å². The smallest absolute Gasteiger partial charge is 0.280 e. The monoisotopic (exact) mass is 613 g/mol. The molecule has 0 spiro atoms. The number of fused-ring (bicyclic) bond motifs is 1. The lowest BCUT2D eigenvalue weighted by molar-refractivity contribution is -0.118. The molecule has 1 aliphatic rings. The lowest BCUT2D eigenvalue weighted by Gasteiger charge is -2.38. The number of hydrogen-bond donors (Lipinski definition) is 2. The molecule has 1 saturated heterocycles. The first-order valence-corrected chi connectivity index (χ1v) is 17.4. The third-order valence-electron chi connectivity index (χ3n) is 6.02. The summed E-state index contributed by atoms with van der Waals surface area (Å²) in [4.78, 5) is 36.3. The second kappa shape index (κ2) is 14.3. The number of carbonyl (C=O) groups excluding carboxylic acids is 1. The molecule has 14 nitrogen and oxygen atoms in total. The highest BCUT2D eigenvalue weighted by molar-refractivity contribution is 7.62. The maximum atomic E-state index is 12.8. The number of carbonyl (C=O) groups is 1. The molecule has 2 aromatic heterocycles. The van der Waals surface area contributed by atoms with E-state index in [1.54, 1.807) is 31.7 Å². The third kappa shape index (κ3) is 8.64. The van der Waals surface area contributed by atoms with Gasteiger partial charge < -0.3 is 23.1 Å². The second-order valence-corrected chi connectivity index (χ2v) is 15.9. The van der Waals surface area contributed by atoms with Crippen molar-refractivity contribution in [2.45, 2.75) is 78.5 Å². The Labute approximate surface area is 241 Å². The summed E-state index contributed by atoms with van der Waals surface area (Å²) in [6.45, 7) is 15.1. The van der Waals surface area contributed by atoms with Crippen molar-refractivity contribution in [3.63, 3.8) is 0 Å². The van der Waals surface area contributed by atoms with Crippen LogP contribution in [-0.4, -0.2) is 87.3 Å². The summed E-state index contributed by atoms with van der Waals surface area (Å²) in [5.74, 6) is -0.651. The molecule has 41 heavy (non-hydrogen) atoms. The summed E-state index contributed by atoms with van der Waals surface area (Å²) in [5.41, 5.74) is -0.283. The molecule has 2 aromatic rings. The van der Waals surface area contributed by atoms with Crippen LogP contribution in [0.3, 0.4) is 0 Å². The van der Waals surface area contributed by atoms with Gasteiger partial charge in [0.25, 0.3) is 14.1 Å². The number of anilines is 1. The van der Waals surface area contributed by atoms with Crippen molar-refractivity contribution in [2.75, 3.05) is 38.2 Å². The van der Waals surface area contributed by atoms with Gasteiger partial charge in [-0.25, -0.2) is 9.65 Å². The van der Waals surface area contributed by atoms with E-state index in [0.29, 0.717) is 0 Å². The summed E-state index contributed by atoms with van der Waals surface area (Å²) in [6, 6.07) is 2.19. The Balaban J connectivity index is 2.04. The average Bonchev–Trinajstić information content (AvgIpc) is 3.45. The summed E-state index contributed by atoms with van der Waals surface area (Å²) in [5, 5.41) is 11.7. The predicted octanol–water partition coefficient (Wildman–Crippen LogP) is 3.87. The van der Waals surface area contributed by atoms with E-state index in [0.717, 1.165) is 0 Å². The highest BCUT2D eigenvalue weighted by atomic mass is 31.2. The van der Waals surface area contributed by atoms with E-state index in [-0.39, 0.29) is 67.0 Å².